The number of fused-ring (bicyclic) bond motifs is 1. The van der Waals surface area contributed by atoms with Crippen molar-refractivity contribution in [1.29, 1.82) is 0 Å². The van der Waals surface area contributed by atoms with Crippen LogP contribution in [-0.2, 0) is 11.2 Å². The van der Waals surface area contributed by atoms with Crippen LogP contribution in [0.25, 0.3) is 10.8 Å². The molecule has 0 saturated carbocycles. The Morgan fingerprint density at radius 2 is 1.94 bits per heavy atom. The third kappa shape index (κ3) is 5.02. The van der Waals surface area contributed by atoms with E-state index in [2.05, 4.69) is 34.1 Å². The molecule has 0 aliphatic carbocycles. The molecule has 1 amide bonds. The SMILES string of the molecule is COc1ccc(N2CCCCC2)cc1C(=O)N1CCOC[C@H](Cc2ccc3ccncc3c2)C1. The molecule has 2 aliphatic rings. The smallest absolute Gasteiger partial charge is 0.257 e. The van der Waals surface area contributed by atoms with E-state index in [0.29, 0.717) is 37.6 Å². The second-order valence-electron chi connectivity index (χ2n) is 9.39. The normalized spacial score (nSPS) is 19.1. The zero-order valence-electron chi connectivity index (χ0n) is 19.9. The van der Waals surface area contributed by atoms with E-state index >= 15 is 0 Å². The van der Waals surface area contributed by atoms with Crippen LogP contribution in [0.15, 0.2) is 54.9 Å². The molecular formula is C28H33N3O3. The molecule has 5 rings (SSSR count). The molecule has 2 aliphatic heterocycles. The molecule has 0 radical (unpaired) electrons. The number of aromatic nitrogens is 1. The molecule has 0 N–H and O–H groups in total. The molecule has 0 spiro atoms. The van der Waals surface area contributed by atoms with Crippen LogP contribution < -0.4 is 9.64 Å². The van der Waals surface area contributed by atoms with Crippen molar-refractivity contribution < 1.29 is 14.3 Å². The number of hydrogen-bond donors (Lipinski definition) is 0. The molecule has 2 fully saturated rings. The topological polar surface area (TPSA) is 54.9 Å². The minimum Gasteiger partial charge on any atom is -0.496 e. The summed E-state index contributed by atoms with van der Waals surface area (Å²) in [6.45, 7) is 4.55. The highest BCUT2D eigenvalue weighted by Crippen LogP contribution is 2.29. The van der Waals surface area contributed by atoms with Gasteiger partial charge in [0.2, 0.25) is 0 Å². The predicted octanol–water partition coefficient (Wildman–Crippen LogP) is 4.57. The maximum Gasteiger partial charge on any atom is 0.257 e. The third-order valence-corrected chi connectivity index (χ3v) is 6.99. The fraction of sp³-hybridized carbons (Fsp3) is 0.429. The van der Waals surface area contributed by atoms with Gasteiger partial charge in [-0.2, -0.15) is 0 Å². The van der Waals surface area contributed by atoms with Crippen LogP contribution >= 0.6 is 0 Å². The van der Waals surface area contributed by atoms with Gasteiger partial charge in [-0.05, 0) is 67.0 Å². The van der Waals surface area contributed by atoms with Gasteiger partial charge in [0.15, 0.2) is 0 Å². The lowest BCUT2D eigenvalue weighted by atomic mass is 9.97. The number of amides is 1. The van der Waals surface area contributed by atoms with E-state index in [9.17, 15) is 4.79 Å². The molecular weight excluding hydrogens is 426 g/mol. The quantitative estimate of drug-likeness (QED) is 0.560. The number of benzene rings is 2. The number of carbonyl (C=O) groups excluding carboxylic acids is 1. The maximum atomic E-state index is 13.7. The van der Waals surface area contributed by atoms with Gasteiger partial charge >= 0.3 is 0 Å². The monoisotopic (exact) mass is 459 g/mol. The maximum absolute atomic E-state index is 13.7. The Balaban J connectivity index is 1.34. The van der Waals surface area contributed by atoms with Crippen LogP contribution in [0.3, 0.4) is 0 Å². The average Bonchev–Trinajstić information content (AvgIpc) is 3.14. The average molecular weight is 460 g/mol. The molecule has 3 heterocycles. The number of rotatable bonds is 5. The van der Waals surface area contributed by atoms with E-state index in [-0.39, 0.29) is 11.8 Å². The van der Waals surface area contributed by atoms with Gasteiger partial charge in [0.1, 0.15) is 5.75 Å². The molecule has 34 heavy (non-hydrogen) atoms. The zero-order chi connectivity index (χ0) is 23.3. The van der Waals surface area contributed by atoms with Crippen LogP contribution in [-0.4, -0.2) is 62.3 Å². The third-order valence-electron chi connectivity index (χ3n) is 6.99. The number of ether oxygens (including phenoxy) is 2. The fourth-order valence-electron chi connectivity index (χ4n) is 5.17. The summed E-state index contributed by atoms with van der Waals surface area (Å²) < 4.78 is 11.5. The van der Waals surface area contributed by atoms with Gasteiger partial charge in [-0.3, -0.25) is 9.78 Å². The number of nitrogens with zero attached hydrogens (tertiary/aromatic N) is 3. The van der Waals surface area contributed by atoms with Crippen molar-refractivity contribution in [2.75, 3.05) is 51.4 Å². The Morgan fingerprint density at radius 3 is 2.79 bits per heavy atom. The van der Waals surface area contributed by atoms with Gasteiger partial charge in [0.25, 0.3) is 5.91 Å². The second kappa shape index (κ2) is 10.4. The van der Waals surface area contributed by atoms with Crippen LogP contribution in [0.4, 0.5) is 5.69 Å². The molecule has 2 aromatic carbocycles. The molecule has 2 saturated heterocycles. The summed E-state index contributed by atoms with van der Waals surface area (Å²) in [4.78, 5) is 22.3. The lowest BCUT2D eigenvalue weighted by Gasteiger charge is -2.30. The van der Waals surface area contributed by atoms with Crippen molar-refractivity contribution in [2.24, 2.45) is 5.92 Å². The molecule has 178 valence electrons. The van der Waals surface area contributed by atoms with Crippen molar-refractivity contribution >= 4 is 22.4 Å². The van der Waals surface area contributed by atoms with Crippen LogP contribution in [0.2, 0.25) is 0 Å². The Hall–Kier alpha value is -3.12. The highest BCUT2D eigenvalue weighted by molar-refractivity contribution is 5.98. The standard InChI is InChI=1S/C28H33N3O3/c1-33-27-8-7-25(30-11-3-2-4-12-30)17-26(27)28(32)31-13-14-34-20-22(19-31)15-21-5-6-23-9-10-29-18-24(23)16-21/h5-10,16-18,22H,2-4,11-15,19-20H2,1H3/t22-/m1/s1. The van der Waals surface area contributed by atoms with E-state index in [0.717, 1.165) is 30.6 Å². The van der Waals surface area contributed by atoms with Gasteiger partial charge < -0.3 is 19.3 Å². The Kier molecular flexibility index (Phi) is 6.95. The zero-order valence-corrected chi connectivity index (χ0v) is 19.9. The van der Waals surface area contributed by atoms with Crippen LogP contribution in [0.1, 0.15) is 35.2 Å². The Morgan fingerprint density at radius 1 is 1.06 bits per heavy atom. The van der Waals surface area contributed by atoms with Crippen molar-refractivity contribution in [3.63, 3.8) is 0 Å². The summed E-state index contributed by atoms with van der Waals surface area (Å²) in [6, 6.07) is 14.6. The number of carbonyl (C=O) groups is 1. The van der Waals surface area contributed by atoms with E-state index in [1.807, 2.05) is 35.5 Å². The Labute approximate surface area is 201 Å². The van der Waals surface area contributed by atoms with Crippen molar-refractivity contribution in [1.82, 2.24) is 9.88 Å². The number of anilines is 1. The van der Waals surface area contributed by atoms with Crippen LogP contribution in [0, 0.1) is 5.92 Å². The molecule has 3 aromatic rings. The number of hydrogen-bond acceptors (Lipinski definition) is 5. The Bertz CT molecular complexity index is 1140. The largest absolute Gasteiger partial charge is 0.496 e. The number of piperidine rings is 1. The molecule has 0 bridgehead atoms. The predicted molar refractivity (Wildman–Crippen MR) is 135 cm³/mol. The summed E-state index contributed by atoms with van der Waals surface area (Å²) in [6.07, 6.45) is 8.26. The first-order valence-corrected chi connectivity index (χ1v) is 12.3. The van der Waals surface area contributed by atoms with Crippen molar-refractivity contribution in [2.45, 2.75) is 25.7 Å². The second-order valence-corrected chi connectivity index (χ2v) is 9.39. The first kappa shape index (κ1) is 22.7. The van der Waals surface area contributed by atoms with Gasteiger partial charge in [-0.1, -0.05) is 12.1 Å². The van der Waals surface area contributed by atoms with Gasteiger partial charge in [0.05, 0.1) is 25.9 Å². The number of methoxy groups -OCH3 is 1. The number of pyridine rings is 1. The summed E-state index contributed by atoms with van der Waals surface area (Å²) in [5.41, 5.74) is 2.99. The van der Waals surface area contributed by atoms with Crippen molar-refractivity contribution in [3.05, 3.63) is 66.0 Å². The fourth-order valence-corrected chi connectivity index (χ4v) is 5.17. The molecule has 1 atom stereocenters. The van der Waals surface area contributed by atoms with Crippen molar-refractivity contribution in [3.8, 4) is 5.75 Å². The first-order valence-electron chi connectivity index (χ1n) is 12.3. The van der Waals surface area contributed by atoms with Gasteiger partial charge in [-0.15, -0.1) is 0 Å². The molecule has 6 nitrogen and oxygen atoms in total. The molecule has 0 unspecified atom stereocenters. The lowest BCUT2D eigenvalue weighted by molar-refractivity contribution is 0.0734. The summed E-state index contributed by atoms with van der Waals surface area (Å²) in [5.74, 6) is 0.889. The van der Waals surface area contributed by atoms with E-state index in [1.165, 1.54) is 30.2 Å². The van der Waals surface area contributed by atoms with E-state index in [1.54, 1.807) is 7.11 Å². The molecule has 6 heteroatoms. The lowest BCUT2D eigenvalue weighted by Crippen LogP contribution is -2.37. The van der Waals surface area contributed by atoms with Gasteiger partial charge in [0, 0.05) is 55.6 Å². The highest BCUT2D eigenvalue weighted by Gasteiger charge is 2.26. The summed E-state index contributed by atoms with van der Waals surface area (Å²) in [7, 11) is 1.63. The van der Waals surface area contributed by atoms with Crippen LogP contribution in [0.5, 0.6) is 5.75 Å². The van der Waals surface area contributed by atoms with E-state index < -0.39 is 0 Å². The molecule has 1 aromatic heterocycles. The minimum absolute atomic E-state index is 0.0221. The highest BCUT2D eigenvalue weighted by atomic mass is 16.5. The van der Waals surface area contributed by atoms with E-state index in [4.69, 9.17) is 9.47 Å². The first-order chi connectivity index (χ1) is 16.7. The summed E-state index contributed by atoms with van der Waals surface area (Å²) in [5, 5.41) is 2.33. The summed E-state index contributed by atoms with van der Waals surface area (Å²) >= 11 is 0. The van der Waals surface area contributed by atoms with Gasteiger partial charge in [-0.25, -0.2) is 0 Å². The minimum atomic E-state index is 0.0221.